The minimum Gasteiger partial charge on any atom is -0.352 e. The van der Waals surface area contributed by atoms with E-state index in [9.17, 15) is 19.2 Å². The van der Waals surface area contributed by atoms with E-state index in [-0.39, 0.29) is 36.1 Å². The summed E-state index contributed by atoms with van der Waals surface area (Å²) in [6, 6.07) is 5.73. The van der Waals surface area contributed by atoms with E-state index in [1.807, 2.05) is 38.1 Å². The highest BCUT2D eigenvalue weighted by Crippen LogP contribution is 2.34. The van der Waals surface area contributed by atoms with Gasteiger partial charge in [0, 0.05) is 31.2 Å². The van der Waals surface area contributed by atoms with Gasteiger partial charge in [0.1, 0.15) is 6.04 Å². The van der Waals surface area contributed by atoms with Crippen molar-refractivity contribution in [3.63, 3.8) is 0 Å². The molecule has 5 N–H and O–H groups in total. The molecule has 31 heavy (non-hydrogen) atoms. The average Bonchev–Trinajstić information content (AvgIpc) is 2.87. The summed E-state index contributed by atoms with van der Waals surface area (Å²) in [5.41, 5.74) is 6.81. The average molecular weight is 430 g/mol. The lowest BCUT2D eigenvalue weighted by atomic mass is 9.96. The summed E-state index contributed by atoms with van der Waals surface area (Å²) in [6.45, 7) is 4.62. The third-order valence-corrected chi connectivity index (χ3v) is 5.88. The summed E-state index contributed by atoms with van der Waals surface area (Å²) < 4.78 is 0. The zero-order valence-electron chi connectivity index (χ0n) is 18.0. The van der Waals surface area contributed by atoms with Crippen LogP contribution in [0, 0.1) is 5.92 Å². The maximum atomic E-state index is 13.0. The van der Waals surface area contributed by atoms with Crippen LogP contribution in [0.15, 0.2) is 24.3 Å². The van der Waals surface area contributed by atoms with Crippen molar-refractivity contribution in [2.45, 2.75) is 57.5 Å². The largest absolute Gasteiger partial charge is 0.352 e. The molecule has 1 fully saturated rings. The number of hydrogen-bond acceptors (Lipinski definition) is 4. The lowest BCUT2D eigenvalue weighted by Crippen LogP contribution is -2.54. The summed E-state index contributed by atoms with van der Waals surface area (Å²) >= 11 is 0. The molecule has 9 nitrogen and oxygen atoms in total. The van der Waals surface area contributed by atoms with Crippen molar-refractivity contribution in [2.75, 3.05) is 18.4 Å². The normalized spacial score (nSPS) is 21.6. The van der Waals surface area contributed by atoms with Crippen molar-refractivity contribution in [3.8, 4) is 0 Å². The number of nitrogens with zero attached hydrogens (tertiary/aromatic N) is 1. The first kappa shape index (κ1) is 22.6. The second-order valence-electron chi connectivity index (χ2n) is 8.61. The van der Waals surface area contributed by atoms with Crippen molar-refractivity contribution in [1.29, 1.82) is 0 Å². The first-order chi connectivity index (χ1) is 14.8. The second-order valence-corrected chi connectivity index (χ2v) is 8.61. The fourth-order valence-corrected chi connectivity index (χ4v) is 4.27. The molecule has 5 amide bonds. The molecule has 1 aromatic rings. The highest BCUT2D eigenvalue weighted by Gasteiger charge is 2.34. The number of likely N-dealkylation sites (tertiary alicyclic amines) is 1. The standard InChI is InChI=1S/C22H31N5O4/c1-13(2)19(26-22(23)31)21(30)27-10-6-5-7-14(12-27)24-18(28)11-16-15-8-3-4-9-17(15)25-20(16)29/h3-4,8-9,13-14,16,19H,5-7,10-12H2,1-2H3,(H,24,28)(H,25,29)(H3,23,26,31)/t14-,16?,19+/m0/s1. The lowest BCUT2D eigenvalue weighted by molar-refractivity contribution is -0.135. The number of primary amides is 1. The zero-order chi connectivity index (χ0) is 22.5. The number of nitrogens with one attached hydrogen (secondary N) is 3. The van der Waals surface area contributed by atoms with E-state index >= 15 is 0 Å². The SMILES string of the molecule is CC(C)[C@@H](NC(N)=O)C(=O)N1CCCC[C@H](NC(=O)CC2C(=O)Nc3ccccc32)C1. The Kier molecular flexibility index (Phi) is 7.14. The predicted molar refractivity (Wildman–Crippen MR) is 116 cm³/mol. The van der Waals surface area contributed by atoms with Crippen LogP contribution < -0.4 is 21.7 Å². The fourth-order valence-electron chi connectivity index (χ4n) is 4.27. The van der Waals surface area contributed by atoms with Gasteiger partial charge >= 0.3 is 6.03 Å². The van der Waals surface area contributed by atoms with Gasteiger partial charge in [-0.2, -0.15) is 0 Å². The molecular formula is C22H31N5O4. The number of fused-ring (bicyclic) bond motifs is 1. The number of rotatable bonds is 6. The number of anilines is 1. The molecule has 3 rings (SSSR count). The molecule has 1 saturated heterocycles. The van der Waals surface area contributed by atoms with Crippen LogP contribution in [-0.2, 0) is 14.4 Å². The number of benzene rings is 1. The predicted octanol–water partition coefficient (Wildman–Crippen LogP) is 1.30. The van der Waals surface area contributed by atoms with Crippen LogP contribution in [-0.4, -0.2) is 53.8 Å². The van der Waals surface area contributed by atoms with E-state index < -0.39 is 18.0 Å². The Morgan fingerprint density at radius 1 is 1.23 bits per heavy atom. The molecule has 168 valence electrons. The number of amides is 5. The van der Waals surface area contributed by atoms with Gasteiger partial charge in [0.05, 0.1) is 5.92 Å². The number of hydrogen-bond donors (Lipinski definition) is 4. The molecule has 2 aliphatic rings. The van der Waals surface area contributed by atoms with Gasteiger partial charge in [-0.1, -0.05) is 32.0 Å². The molecule has 2 aliphatic heterocycles. The quantitative estimate of drug-likeness (QED) is 0.542. The van der Waals surface area contributed by atoms with Gasteiger partial charge in [0.15, 0.2) is 0 Å². The van der Waals surface area contributed by atoms with E-state index in [0.717, 1.165) is 30.5 Å². The van der Waals surface area contributed by atoms with Crippen LogP contribution in [0.25, 0.3) is 0 Å². The van der Waals surface area contributed by atoms with Gasteiger partial charge in [-0.25, -0.2) is 4.79 Å². The molecule has 0 bridgehead atoms. The van der Waals surface area contributed by atoms with Gasteiger partial charge in [0.2, 0.25) is 17.7 Å². The van der Waals surface area contributed by atoms with Crippen LogP contribution in [0.5, 0.6) is 0 Å². The number of para-hydroxylation sites is 1. The Morgan fingerprint density at radius 3 is 2.68 bits per heavy atom. The van der Waals surface area contributed by atoms with E-state index in [1.54, 1.807) is 4.90 Å². The van der Waals surface area contributed by atoms with E-state index in [4.69, 9.17) is 5.73 Å². The molecule has 9 heteroatoms. The fraction of sp³-hybridized carbons (Fsp3) is 0.545. The van der Waals surface area contributed by atoms with E-state index in [2.05, 4.69) is 16.0 Å². The molecule has 3 atom stereocenters. The van der Waals surface area contributed by atoms with Crippen molar-refractivity contribution >= 4 is 29.4 Å². The third-order valence-electron chi connectivity index (χ3n) is 5.88. The number of urea groups is 1. The Labute approximate surface area is 182 Å². The van der Waals surface area contributed by atoms with E-state index in [1.165, 1.54) is 0 Å². The van der Waals surface area contributed by atoms with Crippen LogP contribution in [0.2, 0.25) is 0 Å². The molecule has 0 aromatic heterocycles. The molecule has 2 heterocycles. The molecule has 0 spiro atoms. The molecule has 0 saturated carbocycles. The third kappa shape index (κ3) is 5.53. The van der Waals surface area contributed by atoms with Crippen molar-refractivity contribution in [3.05, 3.63) is 29.8 Å². The molecule has 0 radical (unpaired) electrons. The summed E-state index contributed by atoms with van der Waals surface area (Å²) in [5.74, 6) is -1.21. The summed E-state index contributed by atoms with van der Waals surface area (Å²) in [7, 11) is 0. The summed E-state index contributed by atoms with van der Waals surface area (Å²) in [5, 5.41) is 8.35. The monoisotopic (exact) mass is 429 g/mol. The Bertz CT molecular complexity index is 856. The molecule has 0 aliphatic carbocycles. The second kappa shape index (κ2) is 9.80. The number of carbonyl (C=O) groups is 4. The van der Waals surface area contributed by atoms with Crippen LogP contribution >= 0.6 is 0 Å². The van der Waals surface area contributed by atoms with Gasteiger partial charge < -0.3 is 26.6 Å². The van der Waals surface area contributed by atoms with Gasteiger partial charge in [-0.3, -0.25) is 14.4 Å². The van der Waals surface area contributed by atoms with Gasteiger partial charge in [0.25, 0.3) is 0 Å². The zero-order valence-corrected chi connectivity index (χ0v) is 18.0. The highest BCUT2D eigenvalue weighted by molar-refractivity contribution is 6.04. The van der Waals surface area contributed by atoms with Crippen molar-refractivity contribution < 1.29 is 19.2 Å². The molecule has 1 unspecified atom stereocenters. The van der Waals surface area contributed by atoms with Crippen LogP contribution in [0.4, 0.5) is 10.5 Å². The smallest absolute Gasteiger partial charge is 0.312 e. The first-order valence-electron chi connectivity index (χ1n) is 10.8. The lowest BCUT2D eigenvalue weighted by Gasteiger charge is -2.30. The minimum atomic E-state index is -0.734. The Morgan fingerprint density at radius 2 is 1.97 bits per heavy atom. The Hall–Kier alpha value is -3.10. The maximum Gasteiger partial charge on any atom is 0.312 e. The first-order valence-corrected chi connectivity index (χ1v) is 10.8. The van der Waals surface area contributed by atoms with Crippen molar-refractivity contribution in [1.82, 2.24) is 15.5 Å². The summed E-state index contributed by atoms with van der Waals surface area (Å²) in [4.78, 5) is 51.0. The maximum absolute atomic E-state index is 13.0. The molecule has 1 aromatic carbocycles. The highest BCUT2D eigenvalue weighted by atomic mass is 16.2. The van der Waals surface area contributed by atoms with E-state index in [0.29, 0.717) is 13.1 Å². The number of nitrogens with two attached hydrogens (primary N) is 1. The van der Waals surface area contributed by atoms with Crippen molar-refractivity contribution in [2.24, 2.45) is 11.7 Å². The van der Waals surface area contributed by atoms with Gasteiger partial charge in [-0.15, -0.1) is 0 Å². The van der Waals surface area contributed by atoms with Gasteiger partial charge in [-0.05, 0) is 36.8 Å². The van der Waals surface area contributed by atoms with Crippen LogP contribution in [0.3, 0.4) is 0 Å². The van der Waals surface area contributed by atoms with Crippen LogP contribution in [0.1, 0.15) is 51.0 Å². The summed E-state index contributed by atoms with van der Waals surface area (Å²) in [6.07, 6.45) is 2.50. The molecular weight excluding hydrogens is 398 g/mol. The minimum absolute atomic E-state index is 0.0607. The Balaban J connectivity index is 1.62. The number of carbonyl (C=O) groups excluding carboxylic acids is 4. The topological polar surface area (TPSA) is 134 Å².